The van der Waals surface area contributed by atoms with Gasteiger partial charge in [0.1, 0.15) is 11.2 Å². The molecule has 6 heterocycles. The fraction of sp³-hybridized carbons (Fsp3) is 0. The van der Waals surface area contributed by atoms with E-state index in [1.807, 2.05) is 28.7 Å². The van der Waals surface area contributed by atoms with Gasteiger partial charge in [0.15, 0.2) is 0 Å². The van der Waals surface area contributed by atoms with E-state index in [0.29, 0.717) is 0 Å². The van der Waals surface area contributed by atoms with Gasteiger partial charge >= 0.3 is 0 Å². The maximum Gasteiger partial charge on any atom is 0.145 e. The number of nitrogens with zero attached hydrogens (tertiary/aromatic N) is 6. The molecule has 0 radical (unpaired) electrons. The molecule has 0 bridgehead atoms. The molecule has 6 aromatic heterocycles. The van der Waals surface area contributed by atoms with E-state index >= 15 is 0 Å². The number of rotatable bonds is 14. The Kier molecular flexibility index (Phi) is 19.2. The summed E-state index contributed by atoms with van der Waals surface area (Å²) in [7, 11) is 0. The smallest absolute Gasteiger partial charge is 0.145 e. The van der Waals surface area contributed by atoms with E-state index in [0.717, 1.165) is 107 Å². The Morgan fingerprint density at radius 1 is 0.178 bits per heavy atom. The standard InChI is InChI=1S/C48H32N2O.2C36H24N2S/c1-3-12-33(13-4-1)35-22-26-37(27-23-35)49(38-28-24-36(25-29-38)34-14-5-2-6-15-34)39-16-11-17-40(32-39)50-44-20-9-7-19-43(44)47-45(50)31-30-42-41-18-8-10-21-46(41)51-48(42)47;1-3-12-25(13-4-1)37(26-14-5-2-6-15-26)27-16-11-17-28(24-27)38-32-20-9-7-19-31(32)35-33(38)23-22-30-29-18-8-10-21-34(29)39-36(30)35;1-3-11-25(12-4-1)37(26-13-5-2-6-14-26)27-19-21-28(22-20-27)38-32-17-9-7-16-31(32)35-33(38)24-23-30-29-15-8-10-18-34(29)39-36(30)35/h1-32H;2*1-24H. The van der Waals surface area contributed by atoms with Crippen LogP contribution < -0.4 is 14.7 Å². The first-order valence-corrected chi connectivity index (χ1v) is 45.4. The summed E-state index contributed by atoms with van der Waals surface area (Å²) in [6.07, 6.45) is 0. The second-order valence-electron chi connectivity index (χ2n) is 32.6. The maximum absolute atomic E-state index is 6.56. The molecule has 0 saturated heterocycles. The molecule has 0 N–H and O–H groups in total. The third-order valence-electron chi connectivity index (χ3n) is 25.1. The van der Waals surface area contributed by atoms with E-state index in [9.17, 15) is 0 Å². The molecule has 0 fully saturated rings. The van der Waals surface area contributed by atoms with Gasteiger partial charge in [-0.1, -0.05) is 291 Å². The molecule has 0 unspecified atom stereocenters. The fourth-order valence-electron chi connectivity index (χ4n) is 19.3. The van der Waals surface area contributed by atoms with Gasteiger partial charge in [-0.2, -0.15) is 0 Å². The predicted molar refractivity (Wildman–Crippen MR) is 550 cm³/mol. The molecular weight excluding hydrogens is 1610 g/mol. The first kappa shape index (κ1) is 76.1. The second kappa shape index (κ2) is 32.5. The number of hydrogen-bond acceptors (Lipinski definition) is 6. The highest BCUT2D eigenvalue weighted by Crippen LogP contribution is 2.49. The van der Waals surface area contributed by atoms with Gasteiger partial charge in [-0.3, -0.25) is 0 Å². The Morgan fingerprint density at radius 3 is 0.891 bits per heavy atom. The van der Waals surface area contributed by atoms with Crippen molar-refractivity contribution >= 4 is 202 Å². The first-order chi connectivity index (χ1) is 64.0. The van der Waals surface area contributed by atoms with Crippen LogP contribution in [0.2, 0.25) is 0 Å². The van der Waals surface area contributed by atoms with Crippen LogP contribution in [0.1, 0.15) is 0 Å². The van der Waals surface area contributed by atoms with Crippen molar-refractivity contribution in [3.05, 3.63) is 485 Å². The highest BCUT2D eigenvalue weighted by molar-refractivity contribution is 7.27. The Morgan fingerprint density at radius 2 is 0.473 bits per heavy atom. The number of para-hydroxylation sites is 8. The Labute approximate surface area is 753 Å². The summed E-state index contributed by atoms with van der Waals surface area (Å²) in [5.74, 6) is 0. The zero-order chi connectivity index (χ0) is 85.2. The molecule has 608 valence electrons. The van der Waals surface area contributed by atoms with Crippen LogP contribution in [0.15, 0.2) is 490 Å². The van der Waals surface area contributed by atoms with E-state index in [4.69, 9.17) is 4.42 Å². The Balaban J connectivity index is 0.000000109. The predicted octanol–water partition coefficient (Wildman–Crippen LogP) is 34.7. The highest BCUT2D eigenvalue weighted by Gasteiger charge is 2.25. The van der Waals surface area contributed by atoms with E-state index in [2.05, 4.69) is 508 Å². The van der Waals surface area contributed by atoms with Crippen molar-refractivity contribution in [3.63, 3.8) is 0 Å². The molecule has 0 atom stereocenters. The minimum Gasteiger partial charge on any atom is -0.455 e. The molecule has 26 rings (SSSR count). The number of thiophene rings is 2. The quantitative estimate of drug-likeness (QED) is 0.109. The molecule has 0 aliphatic heterocycles. The van der Waals surface area contributed by atoms with Crippen molar-refractivity contribution in [2.45, 2.75) is 0 Å². The maximum atomic E-state index is 6.56. The molecule has 0 aliphatic rings. The lowest BCUT2D eigenvalue weighted by Gasteiger charge is -2.26. The lowest BCUT2D eigenvalue weighted by molar-refractivity contribution is 0.673. The van der Waals surface area contributed by atoms with Gasteiger partial charge in [0, 0.05) is 146 Å². The minimum atomic E-state index is 0.908. The summed E-state index contributed by atoms with van der Waals surface area (Å²) in [5.41, 5.74) is 27.3. The molecular formula is C120H80N6OS2. The van der Waals surface area contributed by atoms with Crippen LogP contribution in [-0.2, 0) is 0 Å². The van der Waals surface area contributed by atoms with Gasteiger partial charge < -0.3 is 32.8 Å². The zero-order valence-electron chi connectivity index (χ0n) is 70.1. The Bertz CT molecular complexity index is 8500. The summed E-state index contributed by atoms with van der Waals surface area (Å²) in [6.45, 7) is 0. The molecule has 26 aromatic rings. The molecule has 0 spiro atoms. The highest BCUT2D eigenvalue weighted by atomic mass is 32.1. The van der Waals surface area contributed by atoms with Crippen LogP contribution in [0.25, 0.3) is 167 Å². The fourth-order valence-corrected chi connectivity index (χ4v) is 21.9. The van der Waals surface area contributed by atoms with Crippen molar-refractivity contribution in [2.24, 2.45) is 0 Å². The molecule has 9 heteroatoms. The second-order valence-corrected chi connectivity index (χ2v) is 34.7. The zero-order valence-corrected chi connectivity index (χ0v) is 71.7. The van der Waals surface area contributed by atoms with Gasteiger partial charge in [0.05, 0.1) is 38.5 Å². The lowest BCUT2D eigenvalue weighted by Crippen LogP contribution is -2.10. The molecule has 20 aromatic carbocycles. The SMILES string of the molecule is c1ccc(-c2ccc(N(c3ccc(-c4ccccc4)cc3)c3cccc(-n4c5ccccc5c5c6oc7ccccc7c6ccc54)c3)cc2)cc1.c1ccc(N(c2ccccc2)c2ccc(-n3c4ccccc4c4c5sc6ccccc6c5ccc43)cc2)cc1.c1ccc(N(c2ccccc2)c2cccc(-n3c4ccccc4c4c5sc6ccccc6c5ccc43)c2)cc1. The number of hydrogen-bond donors (Lipinski definition) is 0. The summed E-state index contributed by atoms with van der Waals surface area (Å²) >= 11 is 3.79. The van der Waals surface area contributed by atoms with Gasteiger partial charge in [0.2, 0.25) is 0 Å². The van der Waals surface area contributed by atoms with Crippen LogP contribution >= 0.6 is 22.7 Å². The topological polar surface area (TPSA) is 37.7 Å². The summed E-state index contributed by atoms with van der Waals surface area (Å²) in [5, 5.41) is 15.2. The molecule has 7 nitrogen and oxygen atoms in total. The molecule has 0 amide bonds. The normalized spacial score (nSPS) is 11.6. The van der Waals surface area contributed by atoms with Gasteiger partial charge in [-0.05, 0) is 216 Å². The van der Waals surface area contributed by atoms with E-state index in [-0.39, 0.29) is 0 Å². The summed E-state index contributed by atoms with van der Waals surface area (Å²) in [4.78, 5) is 6.97. The average molecular weight is 1690 g/mol. The van der Waals surface area contributed by atoms with E-state index < -0.39 is 0 Å². The van der Waals surface area contributed by atoms with Crippen molar-refractivity contribution < 1.29 is 4.42 Å². The third-order valence-corrected chi connectivity index (χ3v) is 27.5. The summed E-state index contributed by atoms with van der Waals surface area (Å²) in [6, 6.07) is 173. The number of aromatic nitrogens is 3. The molecule has 129 heavy (non-hydrogen) atoms. The van der Waals surface area contributed by atoms with Crippen LogP contribution in [0.4, 0.5) is 51.2 Å². The van der Waals surface area contributed by atoms with Crippen LogP contribution in [0.3, 0.4) is 0 Å². The van der Waals surface area contributed by atoms with Crippen molar-refractivity contribution in [1.29, 1.82) is 0 Å². The molecule has 0 saturated carbocycles. The van der Waals surface area contributed by atoms with Crippen LogP contribution in [0.5, 0.6) is 0 Å². The number of fused-ring (bicyclic) bond motifs is 21. The van der Waals surface area contributed by atoms with Crippen molar-refractivity contribution in [2.75, 3.05) is 14.7 Å². The van der Waals surface area contributed by atoms with Crippen LogP contribution in [0, 0.1) is 0 Å². The Hall–Kier alpha value is -16.6. The summed E-state index contributed by atoms with van der Waals surface area (Å²) < 4.78 is 19.2. The van der Waals surface area contributed by atoms with Crippen LogP contribution in [-0.4, -0.2) is 13.7 Å². The average Bonchev–Trinajstić information content (AvgIpc) is 1.58. The number of furan rings is 1. The van der Waals surface area contributed by atoms with Gasteiger partial charge in [-0.15, -0.1) is 22.7 Å². The van der Waals surface area contributed by atoms with Crippen molar-refractivity contribution in [1.82, 2.24) is 13.7 Å². The lowest BCUT2D eigenvalue weighted by atomic mass is 10.0. The van der Waals surface area contributed by atoms with E-state index in [1.54, 1.807) is 0 Å². The van der Waals surface area contributed by atoms with Gasteiger partial charge in [0.25, 0.3) is 0 Å². The molecule has 0 aliphatic carbocycles. The van der Waals surface area contributed by atoms with E-state index in [1.165, 1.54) is 112 Å². The first-order valence-electron chi connectivity index (χ1n) is 43.8. The van der Waals surface area contributed by atoms with Crippen molar-refractivity contribution in [3.8, 4) is 39.3 Å². The van der Waals surface area contributed by atoms with Gasteiger partial charge in [-0.25, -0.2) is 0 Å². The number of benzene rings is 20. The monoisotopic (exact) mass is 1680 g/mol. The third kappa shape index (κ3) is 13.5. The largest absolute Gasteiger partial charge is 0.455 e. The minimum absolute atomic E-state index is 0.908. The number of anilines is 9.